The van der Waals surface area contributed by atoms with Crippen LogP contribution in [0.25, 0.3) is 0 Å². The third-order valence-electron chi connectivity index (χ3n) is 4.88. The lowest BCUT2D eigenvalue weighted by atomic mass is 10.0. The summed E-state index contributed by atoms with van der Waals surface area (Å²) in [4.78, 5) is 26.7. The normalized spacial score (nSPS) is 14.5. The minimum absolute atomic E-state index is 0.0717. The minimum atomic E-state index is -0.143. The van der Waals surface area contributed by atoms with Crippen LogP contribution in [-0.2, 0) is 4.79 Å². The molecular formula is C22H24N2O2. The van der Waals surface area contributed by atoms with E-state index in [-0.39, 0.29) is 17.9 Å². The van der Waals surface area contributed by atoms with Gasteiger partial charge in [0.25, 0.3) is 5.91 Å². The van der Waals surface area contributed by atoms with Crippen LogP contribution in [-0.4, -0.2) is 23.8 Å². The Balaban J connectivity index is 1.72. The molecule has 4 nitrogen and oxygen atoms in total. The van der Waals surface area contributed by atoms with Gasteiger partial charge in [0, 0.05) is 23.9 Å². The predicted molar refractivity (Wildman–Crippen MR) is 104 cm³/mol. The topological polar surface area (TPSA) is 49.4 Å². The average molecular weight is 348 g/mol. The Kier molecular flexibility index (Phi) is 5.52. The van der Waals surface area contributed by atoms with Crippen LogP contribution in [0.3, 0.4) is 0 Å². The number of carbonyl (C=O) groups is 2. The smallest absolute Gasteiger partial charge is 0.255 e. The molecule has 0 spiro atoms. The van der Waals surface area contributed by atoms with Gasteiger partial charge in [0.2, 0.25) is 5.91 Å². The molecule has 0 aliphatic heterocycles. The second-order valence-electron chi connectivity index (χ2n) is 6.66. The fraction of sp³-hybridized carbons (Fsp3) is 0.273. The molecule has 0 radical (unpaired) electrons. The van der Waals surface area contributed by atoms with E-state index < -0.39 is 0 Å². The molecule has 1 aliphatic rings. The first-order chi connectivity index (χ1) is 12.6. The number of hydrogen-bond donors (Lipinski definition) is 1. The number of hydrogen-bond acceptors (Lipinski definition) is 2. The second-order valence-corrected chi connectivity index (χ2v) is 6.66. The van der Waals surface area contributed by atoms with Crippen molar-refractivity contribution in [1.29, 1.82) is 0 Å². The molecule has 1 atom stereocenters. The van der Waals surface area contributed by atoms with Gasteiger partial charge in [-0.15, -0.1) is 0 Å². The molecular weight excluding hydrogens is 324 g/mol. The summed E-state index contributed by atoms with van der Waals surface area (Å²) in [7, 11) is 1.83. The number of benzene rings is 2. The molecule has 1 unspecified atom stereocenters. The number of anilines is 1. The van der Waals surface area contributed by atoms with Crippen molar-refractivity contribution in [2.45, 2.75) is 32.2 Å². The van der Waals surface area contributed by atoms with Crippen LogP contribution in [0.4, 0.5) is 5.69 Å². The fourth-order valence-corrected chi connectivity index (χ4v) is 3.16. The highest BCUT2D eigenvalue weighted by atomic mass is 16.2. The van der Waals surface area contributed by atoms with Crippen molar-refractivity contribution in [3.05, 3.63) is 77.4 Å². The van der Waals surface area contributed by atoms with Crippen LogP contribution in [0.2, 0.25) is 0 Å². The number of rotatable bonds is 5. The predicted octanol–water partition coefficient (Wildman–Crippen LogP) is 4.57. The third kappa shape index (κ3) is 4.02. The molecule has 26 heavy (non-hydrogen) atoms. The molecule has 2 aromatic carbocycles. The van der Waals surface area contributed by atoms with Crippen LogP contribution in [0.1, 0.15) is 48.1 Å². The number of likely N-dealkylation sites (N-methyl/N-ethyl adjacent to an activating group) is 1. The van der Waals surface area contributed by atoms with Gasteiger partial charge in [-0.25, -0.2) is 0 Å². The maximum Gasteiger partial charge on any atom is 0.255 e. The van der Waals surface area contributed by atoms with Crippen LogP contribution in [0.15, 0.2) is 66.2 Å². The van der Waals surface area contributed by atoms with Gasteiger partial charge in [-0.3, -0.25) is 9.59 Å². The zero-order valence-corrected chi connectivity index (χ0v) is 15.2. The van der Waals surface area contributed by atoms with Gasteiger partial charge in [-0.2, -0.15) is 0 Å². The molecule has 4 heteroatoms. The number of amides is 2. The van der Waals surface area contributed by atoms with E-state index in [1.165, 1.54) is 0 Å². The fourth-order valence-electron chi connectivity index (χ4n) is 3.16. The molecule has 134 valence electrons. The average Bonchev–Trinajstić information content (AvgIpc) is 3.22. The van der Waals surface area contributed by atoms with Gasteiger partial charge < -0.3 is 10.2 Å². The van der Waals surface area contributed by atoms with Crippen molar-refractivity contribution in [2.24, 2.45) is 0 Å². The van der Waals surface area contributed by atoms with E-state index in [1.807, 2.05) is 62.5 Å². The molecule has 0 saturated heterocycles. The Morgan fingerprint density at radius 2 is 1.85 bits per heavy atom. The van der Waals surface area contributed by atoms with Gasteiger partial charge in [-0.05, 0) is 56.0 Å². The molecule has 2 aromatic rings. The van der Waals surface area contributed by atoms with Gasteiger partial charge in [0.15, 0.2) is 0 Å². The lowest BCUT2D eigenvalue weighted by Crippen LogP contribution is -2.30. The first-order valence-corrected chi connectivity index (χ1v) is 8.99. The molecule has 0 heterocycles. The quantitative estimate of drug-likeness (QED) is 0.860. The summed E-state index contributed by atoms with van der Waals surface area (Å²) in [5.74, 6) is -0.0512. The SMILES string of the molecule is CC(c1cccc(NC(=O)c2ccccc2)c1)N(C)C(=O)C1=CCCC1. The molecule has 0 aromatic heterocycles. The van der Waals surface area contributed by atoms with E-state index in [4.69, 9.17) is 0 Å². The monoisotopic (exact) mass is 348 g/mol. The molecule has 2 amide bonds. The van der Waals surface area contributed by atoms with Crippen molar-refractivity contribution in [2.75, 3.05) is 12.4 Å². The Morgan fingerprint density at radius 3 is 2.54 bits per heavy atom. The number of carbonyl (C=O) groups excluding carboxylic acids is 2. The summed E-state index contributed by atoms with van der Waals surface area (Å²) in [6.07, 6.45) is 4.96. The highest BCUT2D eigenvalue weighted by Gasteiger charge is 2.22. The van der Waals surface area contributed by atoms with Crippen molar-refractivity contribution in [3.63, 3.8) is 0 Å². The molecule has 1 N–H and O–H groups in total. The Morgan fingerprint density at radius 1 is 1.08 bits per heavy atom. The van der Waals surface area contributed by atoms with Crippen LogP contribution < -0.4 is 5.32 Å². The van der Waals surface area contributed by atoms with Crippen molar-refractivity contribution >= 4 is 17.5 Å². The van der Waals surface area contributed by atoms with E-state index >= 15 is 0 Å². The minimum Gasteiger partial charge on any atom is -0.335 e. The maximum atomic E-state index is 12.6. The zero-order chi connectivity index (χ0) is 18.5. The highest BCUT2D eigenvalue weighted by Crippen LogP contribution is 2.26. The summed E-state index contributed by atoms with van der Waals surface area (Å²) >= 11 is 0. The second kappa shape index (κ2) is 8.00. The van der Waals surface area contributed by atoms with Gasteiger partial charge in [0.1, 0.15) is 0 Å². The summed E-state index contributed by atoms with van der Waals surface area (Å²) in [5.41, 5.74) is 3.24. The van der Waals surface area contributed by atoms with Crippen molar-refractivity contribution in [3.8, 4) is 0 Å². The van der Waals surface area contributed by atoms with E-state index in [1.54, 1.807) is 17.0 Å². The molecule has 0 bridgehead atoms. The Labute approximate surface area is 154 Å². The van der Waals surface area contributed by atoms with Crippen LogP contribution in [0, 0.1) is 0 Å². The van der Waals surface area contributed by atoms with Gasteiger partial charge >= 0.3 is 0 Å². The maximum absolute atomic E-state index is 12.6. The third-order valence-corrected chi connectivity index (χ3v) is 4.88. The summed E-state index contributed by atoms with van der Waals surface area (Å²) in [5, 5.41) is 2.92. The molecule has 0 saturated carbocycles. The van der Waals surface area contributed by atoms with E-state index in [9.17, 15) is 9.59 Å². The highest BCUT2D eigenvalue weighted by molar-refractivity contribution is 6.04. The van der Waals surface area contributed by atoms with Gasteiger partial charge in [-0.1, -0.05) is 36.4 Å². The summed E-state index contributed by atoms with van der Waals surface area (Å²) in [6.45, 7) is 2.01. The Hall–Kier alpha value is -2.88. The Bertz CT molecular complexity index is 827. The van der Waals surface area contributed by atoms with Crippen LogP contribution in [0.5, 0.6) is 0 Å². The van der Waals surface area contributed by atoms with E-state index in [2.05, 4.69) is 5.32 Å². The van der Waals surface area contributed by atoms with E-state index in [0.717, 1.165) is 36.1 Å². The summed E-state index contributed by atoms with van der Waals surface area (Å²) < 4.78 is 0. The zero-order valence-electron chi connectivity index (χ0n) is 15.2. The largest absolute Gasteiger partial charge is 0.335 e. The molecule has 3 rings (SSSR count). The number of nitrogens with one attached hydrogen (secondary N) is 1. The van der Waals surface area contributed by atoms with Crippen molar-refractivity contribution in [1.82, 2.24) is 4.90 Å². The first kappa shape index (κ1) is 17.9. The van der Waals surface area contributed by atoms with E-state index in [0.29, 0.717) is 5.56 Å². The number of allylic oxidation sites excluding steroid dienone is 1. The molecule has 1 aliphatic carbocycles. The van der Waals surface area contributed by atoms with Crippen molar-refractivity contribution < 1.29 is 9.59 Å². The molecule has 0 fully saturated rings. The summed E-state index contributed by atoms with van der Waals surface area (Å²) in [6, 6.07) is 16.7. The first-order valence-electron chi connectivity index (χ1n) is 8.99. The lowest BCUT2D eigenvalue weighted by Gasteiger charge is -2.26. The van der Waals surface area contributed by atoms with Crippen LogP contribution >= 0.6 is 0 Å². The van der Waals surface area contributed by atoms with Gasteiger partial charge in [0.05, 0.1) is 6.04 Å². The lowest BCUT2D eigenvalue weighted by molar-refractivity contribution is -0.127. The number of nitrogens with zero attached hydrogens (tertiary/aromatic N) is 1. The standard InChI is InChI=1S/C22H24N2O2/c1-16(24(2)22(26)18-11-6-7-12-18)19-13-8-14-20(15-19)23-21(25)17-9-4-3-5-10-17/h3-5,8-11,13-16H,6-7,12H2,1-2H3,(H,23,25).